The maximum Gasteiger partial charge on any atom is 0.0615 e. The van der Waals surface area contributed by atoms with Crippen molar-refractivity contribution in [1.82, 2.24) is 4.90 Å². The Morgan fingerprint density at radius 3 is 2.55 bits per heavy atom. The smallest absolute Gasteiger partial charge is 0.0615 e. The first-order valence-electron chi connectivity index (χ1n) is 7.30. The molecular weight excluding hydrogens is 316 g/mol. The van der Waals surface area contributed by atoms with Gasteiger partial charge in [-0.3, -0.25) is 4.90 Å². The molecule has 0 aliphatic carbocycles. The number of hydrogen-bond donors (Lipinski definition) is 1. The van der Waals surface area contributed by atoms with Crippen LogP contribution in [0.4, 0.5) is 0 Å². The third-order valence-electron chi connectivity index (χ3n) is 3.76. The summed E-state index contributed by atoms with van der Waals surface area (Å²) in [6.45, 7) is 8.19. The Morgan fingerprint density at radius 2 is 2.05 bits per heavy atom. The summed E-state index contributed by atoms with van der Waals surface area (Å²) in [6.07, 6.45) is 0.952. The molecule has 0 saturated heterocycles. The van der Waals surface area contributed by atoms with E-state index in [1.165, 1.54) is 5.56 Å². The van der Waals surface area contributed by atoms with E-state index < -0.39 is 0 Å². The molecule has 3 nitrogen and oxygen atoms in total. The number of methoxy groups -OCH3 is 1. The molecule has 0 aliphatic heterocycles. The SMILES string of the molecule is CCC(N)C(c1cccc(Br)c1)N(CC)C(C)COC. The van der Waals surface area contributed by atoms with Gasteiger partial charge in [0.05, 0.1) is 12.6 Å². The van der Waals surface area contributed by atoms with Crippen molar-refractivity contribution in [3.05, 3.63) is 34.3 Å². The predicted octanol–water partition coefficient (Wildman–Crippen LogP) is 3.58. The van der Waals surface area contributed by atoms with E-state index in [1.54, 1.807) is 7.11 Å². The second-order valence-corrected chi connectivity index (χ2v) is 6.12. The summed E-state index contributed by atoms with van der Waals surface area (Å²) in [5.41, 5.74) is 7.67. The molecule has 0 amide bonds. The van der Waals surface area contributed by atoms with E-state index in [0.717, 1.165) is 24.0 Å². The van der Waals surface area contributed by atoms with E-state index in [9.17, 15) is 0 Å². The fourth-order valence-corrected chi connectivity index (χ4v) is 3.13. The second kappa shape index (κ2) is 8.78. The highest BCUT2D eigenvalue weighted by Crippen LogP contribution is 2.28. The monoisotopic (exact) mass is 342 g/mol. The number of likely N-dealkylation sites (N-methyl/N-ethyl adjacent to an activating group) is 1. The van der Waals surface area contributed by atoms with Gasteiger partial charge in [-0.1, -0.05) is 41.9 Å². The van der Waals surface area contributed by atoms with Crippen LogP contribution in [0.1, 0.15) is 38.8 Å². The molecule has 20 heavy (non-hydrogen) atoms. The van der Waals surface area contributed by atoms with Gasteiger partial charge in [-0.25, -0.2) is 0 Å². The molecule has 4 heteroatoms. The lowest BCUT2D eigenvalue weighted by atomic mass is 9.95. The summed E-state index contributed by atoms with van der Waals surface area (Å²) >= 11 is 3.56. The van der Waals surface area contributed by atoms with Crippen molar-refractivity contribution in [3.8, 4) is 0 Å². The van der Waals surface area contributed by atoms with Gasteiger partial charge in [-0.2, -0.15) is 0 Å². The fraction of sp³-hybridized carbons (Fsp3) is 0.625. The van der Waals surface area contributed by atoms with Crippen LogP contribution in [0.5, 0.6) is 0 Å². The summed E-state index contributed by atoms with van der Waals surface area (Å²) < 4.78 is 6.41. The standard InChI is InChI=1S/C16H27BrN2O/c1-5-15(18)16(13-8-7-9-14(17)10-13)19(6-2)12(3)11-20-4/h7-10,12,15-16H,5-6,11,18H2,1-4H3. The van der Waals surface area contributed by atoms with Crippen LogP contribution >= 0.6 is 15.9 Å². The molecule has 0 aromatic heterocycles. The maximum atomic E-state index is 6.41. The lowest BCUT2D eigenvalue weighted by molar-refractivity contribution is 0.0628. The molecule has 0 bridgehead atoms. The molecule has 1 rings (SSSR count). The molecule has 3 atom stereocenters. The Morgan fingerprint density at radius 1 is 1.35 bits per heavy atom. The molecule has 0 saturated carbocycles. The first kappa shape index (κ1) is 17.6. The third kappa shape index (κ3) is 4.55. The zero-order chi connectivity index (χ0) is 15.1. The highest BCUT2D eigenvalue weighted by molar-refractivity contribution is 9.10. The second-order valence-electron chi connectivity index (χ2n) is 5.21. The summed E-state index contributed by atoms with van der Waals surface area (Å²) in [6, 6.07) is 9.12. The van der Waals surface area contributed by atoms with Gasteiger partial charge in [-0.05, 0) is 37.6 Å². The van der Waals surface area contributed by atoms with Crippen molar-refractivity contribution in [2.24, 2.45) is 5.73 Å². The van der Waals surface area contributed by atoms with E-state index in [2.05, 4.69) is 59.8 Å². The number of nitrogens with two attached hydrogens (primary N) is 1. The van der Waals surface area contributed by atoms with Crippen LogP contribution in [0.15, 0.2) is 28.7 Å². The molecule has 0 radical (unpaired) electrons. The van der Waals surface area contributed by atoms with E-state index in [0.29, 0.717) is 6.04 Å². The summed E-state index contributed by atoms with van der Waals surface area (Å²) in [5, 5.41) is 0. The Labute approximate surface area is 131 Å². The van der Waals surface area contributed by atoms with Crippen molar-refractivity contribution < 1.29 is 4.74 Å². The first-order valence-corrected chi connectivity index (χ1v) is 8.10. The van der Waals surface area contributed by atoms with Gasteiger partial charge in [0.25, 0.3) is 0 Å². The van der Waals surface area contributed by atoms with Crippen molar-refractivity contribution in [3.63, 3.8) is 0 Å². The lowest BCUT2D eigenvalue weighted by Crippen LogP contribution is -2.46. The highest BCUT2D eigenvalue weighted by atomic mass is 79.9. The number of halogens is 1. The Balaban J connectivity index is 3.10. The zero-order valence-electron chi connectivity index (χ0n) is 13.0. The van der Waals surface area contributed by atoms with Gasteiger partial charge >= 0.3 is 0 Å². The molecule has 1 aromatic carbocycles. The van der Waals surface area contributed by atoms with Crippen molar-refractivity contribution in [2.45, 2.75) is 45.3 Å². The van der Waals surface area contributed by atoms with E-state index in [-0.39, 0.29) is 12.1 Å². The average Bonchev–Trinajstić information content (AvgIpc) is 2.43. The topological polar surface area (TPSA) is 38.5 Å². The number of nitrogens with zero attached hydrogens (tertiary/aromatic N) is 1. The Kier molecular flexibility index (Phi) is 7.74. The molecule has 1 aromatic rings. The maximum absolute atomic E-state index is 6.41. The highest BCUT2D eigenvalue weighted by Gasteiger charge is 2.28. The first-order chi connectivity index (χ1) is 9.54. The molecule has 2 N–H and O–H groups in total. The molecule has 114 valence electrons. The number of benzene rings is 1. The van der Waals surface area contributed by atoms with Crippen molar-refractivity contribution in [1.29, 1.82) is 0 Å². The average molecular weight is 343 g/mol. The van der Waals surface area contributed by atoms with Crippen LogP contribution in [-0.4, -0.2) is 37.2 Å². The normalized spacial score (nSPS) is 16.1. The van der Waals surface area contributed by atoms with Crippen LogP contribution in [0.3, 0.4) is 0 Å². The van der Waals surface area contributed by atoms with Crippen molar-refractivity contribution >= 4 is 15.9 Å². The number of ether oxygens (including phenoxy) is 1. The van der Waals surface area contributed by atoms with Gasteiger partial charge in [0.2, 0.25) is 0 Å². The molecule has 3 unspecified atom stereocenters. The minimum absolute atomic E-state index is 0.114. The Bertz CT molecular complexity index is 400. The van der Waals surface area contributed by atoms with Gasteiger partial charge < -0.3 is 10.5 Å². The van der Waals surface area contributed by atoms with Crippen LogP contribution in [-0.2, 0) is 4.74 Å². The fourth-order valence-electron chi connectivity index (χ4n) is 2.72. The molecule has 0 fully saturated rings. The Hall–Kier alpha value is -0.420. The summed E-state index contributed by atoms with van der Waals surface area (Å²) in [5.74, 6) is 0. The molecule has 0 heterocycles. The molecular formula is C16H27BrN2O. The summed E-state index contributed by atoms with van der Waals surface area (Å²) in [4.78, 5) is 2.43. The quantitative estimate of drug-likeness (QED) is 0.784. The van der Waals surface area contributed by atoms with E-state index in [4.69, 9.17) is 10.5 Å². The van der Waals surface area contributed by atoms with Gasteiger partial charge in [0.15, 0.2) is 0 Å². The molecule has 0 aliphatic rings. The van der Waals surface area contributed by atoms with Crippen molar-refractivity contribution in [2.75, 3.05) is 20.3 Å². The van der Waals surface area contributed by atoms with Gasteiger partial charge in [0.1, 0.15) is 0 Å². The van der Waals surface area contributed by atoms with Crippen LogP contribution in [0.2, 0.25) is 0 Å². The van der Waals surface area contributed by atoms with Crippen LogP contribution in [0.25, 0.3) is 0 Å². The van der Waals surface area contributed by atoms with Crippen LogP contribution in [0, 0.1) is 0 Å². The van der Waals surface area contributed by atoms with E-state index >= 15 is 0 Å². The van der Waals surface area contributed by atoms with Gasteiger partial charge in [-0.15, -0.1) is 0 Å². The predicted molar refractivity (Wildman–Crippen MR) is 88.9 cm³/mol. The number of rotatable bonds is 8. The number of hydrogen-bond acceptors (Lipinski definition) is 3. The zero-order valence-corrected chi connectivity index (χ0v) is 14.6. The minimum atomic E-state index is 0.114. The van der Waals surface area contributed by atoms with Crippen LogP contribution < -0.4 is 5.73 Å². The lowest BCUT2D eigenvalue weighted by Gasteiger charge is -2.39. The summed E-state index contributed by atoms with van der Waals surface area (Å²) in [7, 11) is 1.75. The third-order valence-corrected chi connectivity index (χ3v) is 4.26. The van der Waals surface area contributed by atoms with Gasteiger partial charge in [0, 0.05) is 23.7 Å². The minimum Gasteiger partial charge on any atom is -0.383 e. The van der Waals surface area contributed by atoms with E-state index in [1.807, 2.05) is 6.07 Å². The largest absolute Gasteiger partial charge is 0.383 e. The molecule has 0 spiro atoms.